The summed E-state index contributed by atoms with van der Waals surface area (Å²) in [5, 5.41) is 7.30. The van der Waals surface area contributed by atoms with Gasteiger partial charge >= 0.3 is 0 Å². The molecule has 14 heavy (non-hydrogen) atoms. The number of hydrogen-bond acceptors (Lipinski definition) is 5. The Hall–Kier alpha value is -0.260. The van der Waals surface area contributed by atoms with Crippen molar-refractivity contribution in [3.63, 3.8) is 0 Å². The maximum atomic E-state index is 5.21. The van der Waals surface area contributed by atoms with Crippen molar-refractivity contribution in [3.05, 3.63) is 11.7 Å². The van der Waals surface area contributed by atoms with Crippen molar-refractivity contribution in [2.24, 2.45) is 0 Å². The Labute approximate surface area is 92.6 Å². The fourth-order valence-corrected chi connectivity index (χ4v) is 2.38. The minimum absolute atomic E-state index is 0. The Balaban J connectivity index is 0.000000750. The Morgan fingerprint density at radius 1 is 1.43 bits per heavy atom. The molecule has 0 spiro atoms. The summed E-state index contributed by atoms with van der Waals surface area (Å²) in [4.78, 5) is 4.40. The summed E-state index contributed by atoms with van der Waals surface area (Å²) in [6.45, 7) is 0. The monoisotopic (exact) mass is 233 g/mol. The van der Waals surface area contributed by atoms with Gasteiger partial charge in [-0.2, -0.15) is 4.98 Å². The van der Waals surface area contributed by atoms with E-state index in [1.807, 2.05) is 11.8 Å². The summed E-state index contributed by atoms with van der Waals surface area (Å²) in [6, 6.07) is 0.282. The molecular weight excluding hydrogens is 222 g/mol. The van der Waals surface area contributed by atoms with Crippen molar-refractivity contribution in [1.82, 2.24) is 15.5 Å². The third-order valence-electron chi connectivity index (χ3n) is 2.41. The van der Waals surface area contributed by atoms with Crippen LogP contribution in [-0.4, -0.2) is 21.8 Å². The van der Waals surface area contributed by atoms with Crippen LogP contribution in [0.1, 0.15) is 36.5 Å². The highest BCUT2D eigenvalue weighted by atomic mass is 35.5. The lowest BCUT2D eigenvalue weighted by Crippen LogP contribution is -2.14. The zero-order valence-corrected chi connectivity index (χ0v) is 9.24. The van der Waals surface area contributed by atoms with Gasteiger partial charge in [0.2, 0.25) is 5.89 Å². The molecule has 0 radical (unpaired) electrons. The molecule has 1 aliphatic heterocycles. The van der Waals surface area contributed by atoms with Crippen LogP contribution in [0.2, 0.25) is 0 Å². The van der Waals surface area contributed by atoms with E-state index in [1.165, 1.54) is 12.8 Å². The molecule has 0 unspecified atom stereocenters. The highest BCUT2D eigenvalue weighted by Gasteiger charge is 2.30. The van der Waals surface area contributed by atoms with Crippen LogP contribution in [0.15, 0.2) is 4.52 Å². The standard InChI is InChI=1S/C8H11N3OS.ClH/c1-2-5(1)7-10-8(12-11-7)6-3-13-4-9-6;/h5-6,9H,1-4H2;1H/t6-;/m1./s1. The van der Waals surface area contributed by atoms with E-state index < -0.39 is 0 Å². The maximum absolute atomic E-state index is 5.21. The van der Waals surface area contributed by atoms with Crippen LogP contribution < -0.4 is 5.32 Å². The van der Waals surface area contributed by atoms with E-state index in [1.54, 1.807) is 0 Å². The fourth-order valence-electron chi connectivity index (χ4n) is 1.45. The molecular formula is C8H12ClN3OS. The smallest absolute Gasteiger partial charge is 0.244 e. The minimum Gasteiger partial charge on any atom is -0.338 e. The number of rotatable bonds is 2. The van der Waals surface area contributed by atoms with Gasteiger partial charge in [-0.15, -0.1) is 24.2 Å². The summed E-state index contributed by atoms with van der Waals surface area (Å²) < 4.78 is 5.21. The van der Waals surface area contributed by atoms with Crippen molar-refractivity contribution in [2.75, 3.05) is 11.6 Å². The average Bonchev–Trinajstić information content (AvgIpc) is 2.72. The molecule has 1 atom stereocenters. The number of nitrogens with one attached hydrogen (secondary N) is 1. The summed E-state index contributed by atoms with van der Waals surface area (Å²) in [7, 11) is 0. The molecule has 4 nitrogen and oxygen atoms in total. The zero-order chi connectivity index (χ0) is 8.67. The van der Waals surface area contributed by atoms with Gasteiger partial charge in [-0.3, -0.25) is 5.32 Å². The molecule has 1 aliphatic carbocycles. The van der Waals surface area contributed by atoms with Gasteiger partial charge in [0.1, 0.15) is 0 Å². The number of halogens is 1. The van der Waals surface area contributed by atoms with Crippen LogP contribution in [-0.2, 0) is 0 Å². The van der Waals surface area contributed by atoms with E-state index in [9.17, 15) is 0 Å². The van der Waals surface area contributed by atoms with E-state index in [0.717, 1.165) is 23.3 Å². The lowest BCUT2D eigenvalue weighted by molar-refractivity contribution is 0.347. The van der Waals surface area contributed by atoms with Crippen LogP contribution in [0.4, 0.5) is 0 Å². The molecule has 2 aliphatic rings. The van der Waals surface area contributed by atoms with Crippen LogP contribution in [0.5, 0.6) is 0 Å². The summed E-state index contributed by atoms with van der Waals surface area (Å²) in [5.74, 6) is 4.31. The molecule has 0 amide bonds. The largest absolute Gasteiger partial charge is 0.338 e. The highest BCUT2D eigenvalue weighted by Crippen LogP contribution is 2.38. The molecule has 1 N–H and O–H groups in total. The third kappa shape index (κ3) is 1.89. The van der Waals surface area contributed by atoms with Gasteiger partial charge in [0, 0.05) is 17.5 Å². The van der Waals surface area contributed by atoms with E-state index in [2.05, 4.69) is 15.5 Å². The topological polar surface area (TPSA) is 51.0 Å². The molecule has 1 saturated carbocycles. The molecule has 78 valence electrons. The summed E-state index contributed by atoms with van der Waals surface area (Å²) in [5.41, 5.74) is 0. The van der Waals surface area contributed by atoms with E-state index in [0.29, 0.717) is 5.92 Å². The van der Waals surface area contributed by atoms with Gasteiger partial charge in [0.15, 0.2) is 5.82 Å². The van der Waals surface area contributed by atoms with Crippen molar-refractivity contribution in [1.29, 1.82) is 0 Å². The Bertz CT molecular complexity index is 309. The van der Waals surface area contributed by atoms with Crippen molar-refractivity contribution < 1.29 is 4.52 Å². The number of hydrogen-bond donors (Lipinski definition) is 1. The van der Waals surface area contributed by atoms with Crippen molar-refractivity contribution >= 4 is 24.2 Å². The molecule has 1 aromatic rings. The number of aromatic nitrogens is 2. The fraction of sp³-hybridized carbons (Fsp3) is 0.750. The first-order chi connectivity index (χ1) is 6.43. The molecule has 2 fully saturated rings. The van der Waals surface area contributed by atoms with Gasteiger partial charge in [0.05, 0.1) is 6.04 Å². The van der Waals surface area contributed by atoms with Crippen LogP contribution in [0.3, 0.4) is 0 Å². The van der Waals surface area contributed by atoms with E-state index in [-0.39, 0.29) is 18.4 Å². The second kappa shape index (κ2) is 4.08. The predicted molar refractivity (Wildman–Crippen MR) is 56.7 cm³/mol. The van der Waals surface area contributed by atoms with Gasteiger partial charge in [-0.05, 0) is 12.8 Å². The predicted octanol–water partition coefficient (Wildman–Crippen LogP) is 1.70. The van der Waals surface area contributed by atoms with Gasteiger partial charge in [-0.25, -0.2) is 0 Å². The lowest BCUT2D eigenvalue weighted by atomic mass is 10.3. The first-order valence-electron chi connectivity index (χ1n) is 4.58. The van der Waals surface area contributed by atoms with Gasteiger partial charge in [0.25, 0.3) is 0 Å². The molecule has 3 rings (SSSR count). The zero-order valence-electron chi connectivity index (χ0n) is 7.60. The molecule has 1 aromatic heterocycles. The summed E-state index contributed by atoms with van der Waals surface area (Å²) >= 11 is 1.87. The minimum atomic E-state index is 0. The van der Waals surface area contributed by atoms with Crippen molar-refractivity contribution in [3.8, 4) is 0 Å². The van der Waals surface area contributed by atoms with E-state index >= 15 is 0 Å². The van der Waals surface area contributed by atoms with Crippen LogP contribution in [0, 0.1) is 0 Å². The second-order valence-electron chi connectivity index (χ2n) is 3.54. The number of thioether (sulfide) groups is 1. The van der Waals surface area contributed by atoms with Crippen molar-refractivity contribution in [2.45, 2.75) is 24.8 Å². The Morgan fingerprint density at radius 3 is 2.93 bits per heavy atom. The van der Waals surface area contributed by atoms with Gasteiger partial charge in [-0.1, -0.05) is 5.16 Å². The molecule has 2 heterocycles. The second-order valence-corrected chi connectivity index (χ2v) is 4.57. The highest BCUT2D eigenvalue weighted by molar-refractivity contribution is 7.99. The van der Waals surface area contributed by atoms with E-state index in [4.69, 9.17) is 4.52 Å². The molecule has 0 bridgehead atoms. The lowest BCUT2D eigenvalue weighted by Gasteiger charge is -1.99. The Kier molecular flexibility index (Phi) is 2.99. The molecule has 0 aromatic carbocycles. The summed E-state index contributed by atoms with van der Waals surface area (Å²) in [6.07, 6.45) is 2.46. The average molecular weight is 234 g/mol. The SMILES string of the molecule is C1N[C@@H](c2nc(C3CC3)no2)CS1.Cl. The quantitative estimate of drug-likeness (QED) is 0.843. The number of nitrogens with zero attached hydrogens (tertiary/aromatic N) is 2. The molecule has 1 saturated heterocycles. The Morgan fingerprint density at radius 2 is 2.29 bits per heavy atom. The van der Waals surface area contributed by atoms with Gasteiger partial charge < -0.3 is 4.52 Å². The first kappa shape index (κ1) is 10.3. The maximum Gasteiger partial charge on any atom is 0.244 e. The molecule has 6 heteroatoms. The third-order valence-corrected chi connectivity index (χ3v) is 3.35. The van der Waals surface area contributed by atoms with Crippen LogP contribution in [0.25, 0.3) is 0 Å². The normalized spacial score (nSPS) is 26.1. The first-order valence-corrected chi connectivity index (χ1v) is 5.73. The van der Waals surface area contributed by atoms with Crippen LogP contribution >= 0.6 is 24.2 Å².